The quantitative estimate of drug-likeness (QED) is 0.656. The summed E-state index contributed by atoms with van der Waals surface area (Å²) in [4.78, 5) is 12.3. The van der Waals surface area contributed by atoms with E-state index in [0.717, 1.165) is 16.9 Å². The maximum absolute atomic E-state index is 12.3. The van der Waals surface area contributed by atoms with Gasteiger partial charge in [-0.25, -0.2) is 9.48 Å². The summed E-state index contributed by atoms with van der Waals surface area (Å²) in [5, 5.41) is 24.1. The van der Waals surface area contributed by atoms with Gasteiger partial charge in [-0.15, -0.1) is 0 Å². The molecule has 0 radical (unpaired) electrons. The molecule has 3 rings (SSSR count). The first-order valence-corrected chi connectivity index (χ1v) is 8.81. The Morgan fingerprint density at radius 3 is 2.80 bits per heavy atom. The number of benzene rings is 1. The molecule has 25 heavy (non-hydrogen) atoms. The van der Waals surface area contributed by atoms with Gasteiger partial charge in [-0.1, -0.05) is 12.1 Å². The molecule has 3 N–H and O–H groups in total. The molecule has 3 aromatic rings. The number of hydrogen-bond acceptors (Lipinski definition) is 4. The van der Waals surface area contributed by atoms with Crippen molar-refractivity contribution in [2.45, 2.75) is 19.4 Å². The lowest BCUT2D eigenvalue weighted by Crippen LogP contribution is -2.40. The Kier molecular flexibility index (Phi) is 4.87. The molecule has 2 heterocycles. The van der Waals surface area contributed by atoms with E-state index in [-0.39, 0.29) is 12.6 Å². The third-order valence-corrected chi connectivity index (χ3v) is 4.63. The molecule has 1 aromatic carbocycles. The molecule has 0 spiro atoms. The van der Waals surface area contributed by atoms with E-state index >= 15 is 0 Å². The fourth-order valence-corrected chi connectivity index (χ4v) is 3.26. The Bertz CT molecular complexity index is 856. The lowest BCUT2D eigenvalue weighted by Gasteiger charge is -2.23. The van der Waals surface area contributed by atoms with E-state index in [1.165, 1.54) is 11.3 Å². The molecule has 130 valence electrons. The summed E-state index contributed by atoms with van der Waals surface area (Å²) in [6, 6.07) is 10.8. The second-order valence-electron chi connectivity index (χ2n) is 6.00. The van der Waals surface area contributed by atoms with Crippen LogP contribution in [-0.4, -0.2) is 27.5 Å². The molecule has 7 heteroatoms. The molecule has 0 aliphatic rings. The van der Waals surface area contributed by atoms with E-state index < -0.39 is 5.60 Å². The van der Waals surface area contributed by atoms with Crippen LogP contribution < -0.4 is 10.6 Å². The van der Waals surface area contributed by atoms with Crippen molar-refractivity contribution in [3.8, 4) is 5.69 Å². The number of para-hydroxylation sites is 2. The van der Waals surface area contributed by atoms with Gasteiger partial charge >= 0.3 is 6.03 Å². The van der Waals surface area contributed by atoms with Crippen molar-refractivity contribution in [2.75, 3.05) is 11.9 Å². The molecule has 2 aromatic heterocycles. The first kappa shape index (κ1) is 17.2. The van der Waals surface area contributed by atoms with Crippen molar-refractivity contribution in [2.24, 2.45) is 0 Å². The van der Waals surface area contributed by atoms with E-state index in [2.05, 4.69) is 15.7 Å². The summed E-state index contributed by atoms with van der Waals surface area (Å²) >= 11 is 1.51. The van der Waals surface area contributed by atoms with Gasteiger partial charge < -0.3 is 15.7 Å². The number of carbonyl (C=O) groups is 1. The van der Waals surface area contributed by atoms with Crippen molar-refractivity contribution in [3.63, 3.8) is 0 Å². The molecule has 0 bridgehead atoms. The molecule has 0 aliphatic carbocycles. The molecule has 6 nitrogen and oxygen atoms in total. The topological polar surface area (TPSA) is 79.2 Å². The number of anilines is 1. The van der Waals surface area contributed by atoms with Crippen LogP contribution >= 0.6 is 11.3 Å². The zero-order valence-corrected chi connectivity index (χ0v) is 14.9. The largest absolute Gasteiger partial charge is 0.384 e. The van der Waals surface area contributed by atoms with E-state index in [9.17, 15) is 9.90 Å². The highest BCUT2D eigenvalue weighted by Crippen LogP contribution is 2.23. The number of thiophene rings is 1. The van der Waals surface area contributed by atoms with Gasteiger partial charge in [0.1, 0.15) is 5.60 Å². The van der Waals surface area contributed by atoms with Gasteiger partial charge in [-0.05, 0) is 54.4 Å². The van der Waals surface area contributed by atoms with Crippen LogP contribution in [0.15, 0.2) is 53.4 Å². The van der Waals surface area contributed by atoms with Crippen molar-refractivity contribution in [1.82, 2.24) is 15.1 Å². The maximum Gasteiger partial charge on any atom is 0.319 e. The van der Waals surface area contributed by atoms with Gasteiger partial charge in [-0.3, -0.25) is 0 Å². The summed E-state index contributed by atoms with van der Waals surface area (Å²) in [5.41, 5.74) is 2.06. The first-order valence-electron chi connectivity index (χ1n) is 7.87. The fourth-order valence-electron chi connectivity index (χ4n) is 2.48. The number of nitrogens with one attached hydrogen (secondary N) is 2. The van der Waals surface area contributed by atoms with Crippen LogP contribution in [-0.2, 0) is 5.60 Å². The Hall–Kier alpha value is -2.64. The summed E-state index contributed by atoms with van der Waals surface area (Å²) in [6.07, 6.45) is 1.71. The predicted octanol–water partition coefficient (Wildman–Crippen LogP) is 3.27. The molecule has 1 unspecified atom stereocenters. The average molecular weight is 356 g/mol. The minimum Gasteiger partial charge on any atom is -0.384 e. The smallest absolute Gasteiger partial charge is 0.319 e. The number of urea groups is 1. The monoisotopic (exact) mass is 356 g/mol. The van der Waals surface area contributed by atoms with Crippen LogP contribution in [0.25, 0.3) is 5.69 Å². The van der Waals surface area contributed by atoms with Crippen LogP contribution in [0.3, 0.4) is 0 Å². The highest BCUT2D eigenvalue weighted by molar-refractivity contribution is 7.08. The predicted molar refractivity (Wildman–Crippen MR) is 99.2 cm³/mol. The molecule has 0 saturated carbocycles. The number of carbonyl (C=O) groups excluding carboxylic acids is 1. The van der Waals surface area contributed by atoms with Crippen LogP contribution in [0.2, 0.25) is 0 Å². The molecular weight excluding hydrogens is 336 g/mol. The number of nitrogens with zero attached hydrogens (tertiary/aromatic N) is 2. The van der Waals surface area contributed by atoms with Crippen molar-refractivity contribution in [3.05, 3.63) is 64.6 Å². The standard InChI is InChI=1S/C18H20N4O2S/c1-13-7-9-20-22(13)16-6-4-3-5-15(16)21-17(23)19-12-18(2,24)14-8-10-25-11-14/h3-11,24H,12H2,1-2H3,(H2,19,21,23). The third kappa shape index (κ3) is 3.89. The molecule has 0 aliphatic heterocycles. The van der Waals surface area contributed by atoms with Gasteiger partial charge in [0, 0.05) is 11.9 Å². The number of aromatic nitrogens is 2. The minimum atomic E-state index is -1.12. The van der Waals surface area contributed by atoms with E-state index in [1.807, 2.05) is 54.1 Å². The van der Waals surface area contributed by atoms with E-state index in [0.29, 0.717) is 5.69 Å². The van der Waals surface area contributed by atoms with Crippen molar-refractivity contribution in [1.29, 1.82) is 0 Å². The number of hydrogen-bond donors (Lipinski definition) is 3. The summed E-state index contributed by atoms with van der Waals surface area (Å²) in [6.45, 7) is 3.73. The number of aliphatic hydroxyl groups is 1. The zero-order chi connectivity index (χ0) is 17.9. The molecule has 0 fully saturated rings. The van der Waals surface area contributed by atoms with Gasteiger partial charge in [0.15, 0.2) is 0 Å². The summed E-state index contributed by atoms with van der Waals surface area (Å²) < 4.78 is 1.76. The highest BCUT2D eigenvalue weighted by Gasteiger charge is 2.24. The third-order valence-electron chi connectivity index (χ3n) is 3.95. The van der Waals surface area contributed by atoms with Gasteiger partial charge in [-0.2, -0.15) is 16.4 Å². The maximum atomic E-state index is 12.3. The number of amides is 2. The van der Waals surface area contributed by atoms with Crippen LogP contribution in [0.1, 0.15) is 18.2 Å². The van der Waals surface area contributed by atoms with E-state index in [4.69, 9.17) is 0 Å². The zero-order valence-electron chi connectivity index (χ0n) is 14.1. The van der Waals surface area contributed by atoms with Crippen LogP contribution in [0.5, 0.6) is 0 Å². The Labute approximate surface area is 150 Å². The second kappa shape index (κ2) is 7.08. The Balaban J connectivity index is 1.69. The van der Waals surface area contributed by atoms with Crippen molar-refractivity contribution < 1.29 is 9.90 Å². The SMILES string of the molecule is Cc1ccnn1-c1ccccc1NC(=O)NCC(C)(O)c1ccsc1. The normalized spacial score (nSPS) is 13.2. The molecule has 0 saturated heterocycles. The Morgan fingerprint density at radius 2 is 2.12 bits per heavy atom. The first-order chi connectivity index (χ1) is 12.0. The van der Waals surface area contributed by atoms with Crippen LogP contribution in [0.4, 0.5) is 10.5 Å². The minimum absolute atomic E-state index is 0.110. The van der Waals surface area contributed by atoms with Gasteiger partial charge in [0.2, 0.25) is 0 Å². The van der Waals surface area contributed by atoms with Gasteiger partial charge in [0.05, 0.1) is 17.9 Å². The highest BCUT2D eigenvalue weighted by atomic mass is 32.1. The van der Waals surface area contributed by atoms with Crippen molar-refractivity contribution >= 4 is 23.1 Å². The van der Waals surface area contributed by atoms with E-state index in [1.54, 1.807) is 17.8 Å². The summed E-state index contributed by atoms with van der Waals surface area (Å²) in [7, 11) is 0. The Morgan fingerprint density at radius 1 is 1.32 bits per heavy atom. The van der Waals surface area contributed by atoms with Gasteiger partial charge in [0.25, 0.3) is 0 Å². The molecule has 2 amide bonds. The summed E-state index contributed by atoms with van der Waals surface area (Å²) in [5.74, 6) is 0. The molecule has 1 atom stereocenters. The average Bonchev–Trinajstić information content (AvgIpc) is 3.26. The number of aryl methyl sites for hydroxylation is 1. The lowest BCUT2D eigenvalue weighted by molar-refractivity contribution is 0.0604. The fraction of sp³-hybridized carbons (Fsp3) is 0.222. The second-order valence-corrected chi connectivity index (χ2v) is 6.78. The lowest BCUT2D eigenvalue weighted by atomic mass is 9.99. The number of rotatable bonds is 5. The van der Waals surface area contributed by atoms with Crippen LogP contribution in [0, 0.1) is 6.92 Å². The molecular formula is C18H20N4O2S.